The minimum absolute atomic E-state index is 0.326. The Morgan fingerprint density at radius 3 is 2.43 bits per heavy atom. The first-order valence-corrected chi connectivity index (χ1v) is 6.43. The van der Waals surface area contributed by atoms with Gasteiger partial charge in [-0.25, -0.2) is 4.79 Å². The summed E-state index contributed by atoms with van der Waals surface area (Å²) in [4.78, 5) is 32.9. The first kappa shape index (κ1) is 17.0. The van der Waals surface area contributed by atoms with Crippen molar-refractivity contribution in [1.29, 1.82) is 0 Å². The highest BCUT2D eigenvalue weighted by atomic mass is 35.5. The van der Waals surface area contributed by atoms with E-state index in [1.807, 2.05) is 0 Å². The monoisotopic (exact) mass is 331 g/mol. The smallest absolute Gasteiger partial charge is 0.326 e. The third-order valence-electron chi connectivity index (χ3n) is 2.37. The summed E-state index contributed by atoms with van der Waals surface area (Å²) in [5, 5.41) is 20.2. The van der Waals surface area contributed by atoms with E-state index in [9.17, 15) is 14.4 Å². The van der Waals surface area contributed by atoms with Gasteiger partial charge in [-0.2, -0.15) is 0 Å². The van der Waals surface area contributed by atoms with Gasteiger partial charge in [0.05, 0.1) is 6.42 Å². The lowest BCUT2D eigenvalue weighted by Crippen LogP contribution is -2.41. The summed E-state index contributed by atoms with van der Waals surface area (Å²) in [7, 11) is 0. The van der Waals surface area contributed by atoms with Crippen LogP contribution in [0.3, 0.4) is 0 Å². The van der Waals surface area contributed by atoms with Crippen LogP contribution >= 0.6 is 23.2 Å². The van der Waals surface area contributed by atoms with E-state index in [1.165, 1.54) is 12.1 Å². The Hall–Kier alpha value is -2.05. The molecule has 1 aromatic carbocycles. The minimum atomic E-state index is -1.50. The number of aliphatic carboxylic acids is 2. The van der Waals surface area contributed by atoms with E-state index in [0.717, 1.165) is 6.08 Å². The molecule has 8 heteroatoms. The first-order chi connectivity index (χ1) is 9.79. The molecule has 0 aliphatic carbocycles. The van der Waals surface area contributed by atoms with Crippen molar-refractivity contribution in [1.82, 2.24) is 5.32 Å². The number of carbonyl (C=O) groups excluding carboxylic acids is 1. The van der Waals surface area contributed by atoms with Crippen molar-refractivity contribution in [3.63, 3.8) is 0 Å². The summed E-state index contributed by atoms with van der Waals surface area (Å²) < 4.78 is 0. The van der Waals surface area contributed by atoms with Crippen LogP contribution in [0.4, 0.5) is 0 Å². The molecule has 1 rings (SSSR count). The van der Waals surface area contributed by atoms with Crippen molar-refractivity contribution in [3.05, 3.63) is 39.9 Å². The lowest BCUT2D eigenvalue weighted by Gasteiger charge is -2.10. The zero-order valence-electron chi connectivity index (χ0n) is 10.5. The van der Waals surface area contributed by atoms with Gasteiger partial charge in [0.25, 0.3) is 0 Å². The molecule has 0 saturated carbocycles. The SMILES string of the molecule is O=C(O)C[C@@H](NC(=O)/C=C/c1ccc(Cl)cc1Cl)C(=O)O. The van der Waals surface area contributed by atoms with E-state index in [1.54, 1.807) is 12.1 Å². The Morgan fingerprint density at radius 1 is 1.24 bits per heavy atom. The molecule has 6 nitrogen and oxygen atoms in total. The van der Waals surface area contributed by atoms with Crippen LogP contribution < -0.4 is 5.32 Å². The van der Waals surface area contributed by atoms with Gasteiger partial charge in [-0.05, 0) is 23.8 Å². The van der Waals surface area contributed by atoms with Crippen LogP contribution in [0.25, 0.3) is 6.08 Å². The maximum atomic E-state index is 11.6. The number of rotatable bonds is 6. The molecule has 3 N–H and O–H groups in total. The Bertz CT molecular complexity index is 600. The van der Waals surface area contributed by atoms with E-state index in [4.69, 9.17) is 33.4 Å². The second kappa shape index (κ2) is 7.66. The molecule has 21 heavy (non-hydrogen) atoms. The fraction of sp³-hybridized carbons (Fsp3) is 0.154. The van der Waals surface area contributed by atoms with Gasteiger partial charge in [0.2, 0.25) is 5.91 Å². The largest absolute Gasteiger partial charge is 0.481 e. The highest BCUT2D eigenvalue weighted by Crippen LogP contribution is 2.21. The van der Waals surface area contributed by atoms with Crippen LogP contribution in [0.15, 0.2) is 24.3 Å². The number of hydrogen-bond donors (Lipinski definition) is 3. The zero-order valence-corrected chi connectivity index (χ0v) is 12.1. The van der Waals surface area contributed by atoms with Gasteiger partial charge < -0.3 is 15.5 Å². The minimum Gasteiger partial charge on any atom is -0.481 e. The molecule has 0 unspecified atom stereocenters. The third-order valence-corrected chi connectivity index (χ3v) is 2.93. The number of carboxylic acids is 2. The van der Waals surface area contributed by atoms with Gasteiger partial charge in [-0.1, -0.05) is 29.3 Å². The maximum absolute atomic E-state index is 11.6. The molecule has 1 atom stereocenters. The third kappa shape index (κ3) is 5.85. The molecule has 112 valence electrons. The fourth-order valence-corrected chi connectivity index (χ4v) is 1.87. The Balaban J connectivity index is 2.73. The van der Waals surface area contributed by atoms with Crippen LogP contribution in [0.2, 0.25) is 10.0 Å². The van der Waals surface area contributed by atoms with Crippen LogP contribution in [-0.2, 0) is 14.4 Å². The second-order valence-electron chi connectivity index (χ2n) is 4.00. The molecule has 1 amide bonds. The lowest BCUT2D eigenvalue weighted by atomic mass is 10.2. The Kier molecular flexibility index (Phi) is 6.20. The number of hydrogen-bond acceptors (Lipinski definition) is 3. The van der Waals surface area contributed by atoms with Crippen LogP contribution in [0, 0.1) is 0 Å². The maximum Gasteiger partial charge on any atom is 0.326 e. The number of benzene rings is 1. The van der Waals surface area contributed by atoms with Crippen molar-refractivity contribution in [3.8, 4) is 0 Å². The standard InChI is InChI=1S/C13H11Cl2NO5/c14-8-3-1-7(9(15)5-8)2-4-11(17)16-10(13(20)21)6-12(18)19/h1-5,10H,6H2,(H,16,17)(H,18,19)(H,20,21)/b4-2+/t10-/m1/s1. The molecule has 0 aliphatic rings. The summed E-state index contributed by atoms with van der Waals surface area (Å²) in [6.45, 7) is 0. The van der Waals surface area contributed by atoms with E-state index in [2.05, 4.69) is 5.32 Å². The van der Waals surface area contributed by atoms with Crippen LogP contribution in [0.1, 0.15) is 12.0 Å². The molecule has 0 fully saturated rings. The summed E-state index contributed by atoms with van der Waals surface area (Å²) >= 11 is 11.6. The molecule has 0 spiro atoms. The normalized spacial score (nSPS) is 12.1. The molecule has 0 aliphatic heterocycles. The Labute approximate surface area is 130 Å². The van der Waals surface area contributed by atoms with Crippen LogP contribution in [-0.4, -0.2) is 34.1 Å². The highest BCUT2D eigenvalue weighted by molar-refractivity contribution is 6.35. The lowest BCUT2D eigenvalue weighted by molar-refractivity contribution is -0.146. The summed E-state index contributed by atoms with van der Waals surface area (Å²) in [5.74, 6) is -3.49. The number of nitrogens with one attached hydrogen (secondary N) is 1. The van der Waals surface area contributed by atoms with Crippen molar-refractivity contribution in [2.45, 2.75) is 12.5 Å². The zero-order chi connectivity index (χ0) is 16.0. The molecule has 0 bridgehead atoms. The summed E-state index contributed by atoms with van der Waals surface area (Å²) in [6.07, 6.45) is 1.72. The van der Waals surface area contributed by atoms with E-state index < -0.39 is 30.3 Å². The number of carbonyl (C=O) groups is 3. The van der Waals surface area contributed by atoms with Gasteiger partial charge in [-0.15, -0.1) is 0 Å². The molecular formula is C13H11Cl2NO5. The number of carboxylic acid groups (broad SMARTS) is 2. The van der Waals surface area contributed by atoms with Crippen molar-refractivity contribution in [2.75, 3.05) is 0 Å². The first-order valence-electron chi connectivity index (χ1n) is 5.68. The average Bonchev–Trinajstić information content (AvgIpc) is 2.36. The molecule has 0 radical (unpaired) electrons. The highest BCUT2D eigenvalue weighted by Gasteiger charge is 2.21. The fourth-order valence-electron chi connectivity index (χ4n) is 1.40. The van der Waals surface area contributed by atoms with Gasteiger partial charge in [0.15, 0.2) is 0 Å². The second-order valence-corrected chi connectivity index (χ2v) is 4.84. The van der Waals surface area contributed by atoms with E-state index in [-0.39, 0.29) is 0 Å². The molecule has 0 heterocycles. The molecule has 0 saturated heterocycles. The quantitative estimate of drug-likeness (QED) is 0.692. The predicted molar refractivity (Wildman–Crippen MR) is 77.3 cm³/mol. The van der Waals surface area contributed by atoms with Gasteiger partial charge in [0.1, 0.15) is 6.04 Å². The van der Waals surface area contributed by atoms with Crippen molar-refractivity contribution < 1.29 is 24.6 Å². The van der Waals surface area contributed by atoms with Gasteiger partial charge >= 0.3 is 11.9 Å². The van der Waals surface area contributed by atoms with Crippen molar-refractivity contribution >= 4 is 47.1 Å². The van der Waals surface area contributed by atoms with Gasteiger partial charge in [-0.3, -0.25) is 9.59 Å². The summed E-state index contributed by atoms with van der Waals surface area (Å²) in [5.41, 5.74) is 0.515. The topological polar surface area (TPSA) is 104 Å². The predicted octanol–water partition coefficient (Wildman–Crippen LogP) is 2.05. The van der Waals surface area contributed by atoms with E-state index >= 15 is 0 Å². The van der Waals surface area contributed by atoms with Crippen molar-refractivity contribution in [2.24, 2.45) is 0 Å². The molecular weight excluding hydrogens is 321 g/mol. The summed E-state index contributed by atoms with van der Waals surface area (Å²) in [6, 6.07) is 3.15. The number of halogens is 2. The number of amides is 1. The van der Waals surface area contributed by atoms with Gasteiger partial charge in [0, 0.05) is 16.1 Å². The van der Waals surface area contributed by atoms with E-state index in [0.29, 0.717) is 15.6 Å². The van der Waals surface area contributed by atoms with Crippen LogP contribution in [0.5, 0.6) is 0 Å². The molecule has 0 aromatic heterocycles. The Morgan fingerprint density at radius 2 is 1.90 bits per heavy atom. The average molecular weight is 332 g/mol. The molecule has 1 aromatic rings.